The molecule has 0 aliphatic rings. The van der Waals surface area contributed by atoms with Crippen LogP contribution >= 0.6 is 0 Å². The van der Waals surface area contributed by atoms with Gasteiger partial charge in [-0.15, -0.1) is 64.2 Å². The van der Waals surface area contributed by atoms with Crippen molar-refractivity contribution in [2.75, 3.05) is 0 Å². The van der Waals surface area contributed by atoms with Crippen LogP contribution in [0, 0.1) is 6.92 Å². The molecule has 0 aliphatic carbocycles. The van der Waals surface area contributed by atoms with Crippen molar-refractivity contribution in [2.24, 2.45) is 0 Å². The fraction of sp³-hybridized carbons (Fsp3) is 0.217. The average molecular weight is 493 g/mol. The zero-order valence-corrected chi connectivity index (χ0v) is 21.4. The Morgan fingerprint density at radius 3 is 2.19 bits per heavy atom. The molecule has 4 aromatic rings. The Balaban J connectivity index is 0.000000404. The van der Waals surface area contributed by atoms with E-state index in [2.05, 4.69) is 99.7 Å². The van der Waals surface area contributed by atoms with Gasteiger partial charge in [0.1, 0.15) is 0 Å². The Bertz CT molecular complexity index is 919. The fourth-order valence-corrected chi connectivity index (χ4v) is 2.83. The van der Waals surface area contributed by atoms with E-state index in [0.29, 0.717) is 0 Å². The summed E-state index contributed by atoms with van der Waals surface area (Å²) in [5, 5.41) is 5.47. The number of hydrogen-bond acceptors (Lipinski definition) is 0. The summed E-state index contributed by atoms with van der Waals surface area (Å²) in [6, 6.07) is 25.7. The summed E-state index contributed by atoms with van der Waals surface area (Å²) in [4.78, 5) is 0. The van der Waals surface area contributed by atoms with E-state index in [1.165, 1.54) is 32.7 Å². The molecule has 0 radical (unpaired) electrons. The SMILES string of the molecule is CCc1cccc2[cH-]c(C)cc12.C[Si](C)=[Zr+2].[Cl-].[Cl-].c1ccc2[cH-]ccc2c1. The molecule has 0 unspecified atom stereocenters. The predicted molar refractivity (Wildman–Crippen MR) is 111 cm³/mol. The van der Waals surface area contributed by atoms with Crippen LogP contribution in [0.1, 0.15) is 18.1 Å². The van der Waals surface area contributed by atoms with Crippen LogP contribution in [-0.2, 0) is 29.8 Å². The summed E-state index contributed by atoms with van der Waals surface area (Å²) in [6.45, 7) is 8.97. The van der Waals surface area contributed by atoms with Gasteiger partial charge >= 0.3 is 41.9 Å². The first kappa shape index (κ1) is 26.3. The van der Waals surface area contributed by atoms with Gasteiger partial charge in [-0.25, -0.2) is 0 Å². The monoisotopic (exact) mass is 490 g/mol. The second-order valence-corrected chi connectivity index (χ2v) is 15.8. The van der Waals surface area contributed by atoms with Crippen molar-refractivity contribution in [1.82, 2.24) is 0 Å². The van der Waals surface area contributed by atoms with Gasteiger partial charge in [-0.3, -0.25) is 0 Å². The third-order valence-corrected chi connectivity index (χ3v) is 3.91. The Hall–Kier alpha value is -0.660. The minimum Gasteiger partial charge on any atom is -1.00 e. The molecule has 0 aromatic heterocycles. The third-order valence-electron chi connectivity index (χ3n) is 3.91. The predicted octanol–water partition coefficient (Wildman–Crippen LogP) is 0.781. The van der Waals surface area contributed by atoms with E-state index in [9.17, 15) is 0 Å². The van der Waals surface area contributed by atoms with Crippen molar-refractivity contribution >= 4 is 27.0 Å². The number of hydrogen-bond donors (Lipinski definition) is 0. The summed E-state index contributed by atoms with van der Waals surface area (Å²) >= 11 is 1.74. The average Bonchev–Trinajstić information content (AvgIpc) is 3.19. The molecule has 0 saturated heterocycles. The topological polar surface area (TPSA) is 0 Å². The molecule has 27 heavy (non-hydrogen) atoms. The van der Waals surface area contributed by atoms with Crippen molar-refractivity contribution in [3.8, 4) is 0 Å². The maximum absolute atomic E-state index is 2.31. The molecule has 0 saturated carbocycles. The molecule has 142 valence electrons. The van der Waals surface area contributed by atoms with Crippen molar-refractivity contribution in [3.05, 3.63) is 83.9 Å². The van der Waals surface area contributed by atoms with Crippen molar-refractivity contribution in [1.29, 1.82) is 0 Å². The van der Waals surface area contributed by atoms with Crippen molar-refractivity contribution < 1.29 is 48.1 Å². The number of halogens is 2. The normalized spacial score (nSPS) is 9.26. The first-order valence-electron chi connectivity index (χ1n) is 8.78. The second kappa shape index (κ2) is 13.5. The molecule has 4 heteroatoms. The van der Waals surface area contributed by atoms with Crippen LogP contribution in [0.5, 0.6) is 0 Å². The summed E-state index contributed by atoms with van der Waals surface area (Å²) in [7, 11) is 0. The number of benzene rings is 2. The summed E-state index contributed by atoms with van der Waals surface area (Å²) < 4.78 is 0. The Labute approximate surface area is 191 Å². The third kappa shape index (κ3) is 8.48. The molecule has 0 aliphatic heterocycles. The molecule has 0 spiro atoms. The first-order valence-corrected chi connectivity index (χ1v) is 15.0. The number of rotatable bonds is 1. The Morgan fingerprint density at radius 2 is 1.56 bits per heavy atom. The summed E-state index contributed by atoms with van der Waals surface area (Å²) in [6.07, 6.45) is 1.13. The van der Waals surface area contributed by atoms with E-state index in [-0.39, 0.29) is 30.2 Å². The van der Waals surface area contributed by atoms with Gasteiger partial charge in [0.05, 0.1) is 0 Å². The Morgan fingerprint density at radius 1 is 0.926 bits per heavy atom. The minimum atomic E-state index is 0. The van der Waals surface area contributed by atoms with Crippen LogP contribution in [-0.4, -0.2) is 5.43 Å². The van der Waals surface area contributed by atoms with Gasteiger partial charge in [-0.1, -0.05) is 31.5 Å². The molecule has 0 fully saturated rings. The van der Waals surface area contributed by atoms with E-state index in [1.807, 2.05) is 0 Å². The van der Waals surface area contributed by atoms with E-state index >= 15 is 0 Å². The molecule has 0 bridgehead atoms. The van der Waals surface area contributed by atoms with Gasteiger partial charge in [0.15, 0.2) is 0 Å². The second-order valence-electron chi connectivity index (χ2n) is 6.46. The summed E-state index contributed by atoms with van der Waals surface area (Å²) in [5.74, 6) is 0. The van der Waals surface area contributed by atoms with E-state index in [4.69, 9.17) is 0 Å². The molecule has 4 rings (SSSR count). The molecular weight excluding hydrogens is 466 g/mol. The molecule has 0 N–H and O–H groups in total. The Kier molecular flexibility index (Phi) is 13.2. The molecule has 4 aromatic carbocycles. The zero-order valence-electron chi connectivity index (χ0n) is 16.4. The van der Waals surface area contributed by atoms with Crippen LogP contribution in [0.25, 0.3) is 21.5 Å². The van der Waals surface area contributed by atoms with E-state index in [0.717, 1.165) is 6.42 Å². The molecule has 0 nitrogen and oxygen atoms in total. The number of fused-ring (bicyclic) bond motifs is 2. The fourth-order valence-electron chi connectivity index (χ4n) is 2.83. The van der Waals surface area contributed by atoms with Crippen LogP contribution in [0.15, 0.2) is 72.8 Å². The van der Waals surface area contributed by atoms with Gasteiger partial charge < -0.3 is 24.8 Å². The van der Waals surface area contributed by atoms with Gasteiger partial charge in [-0.05, 0) is 6.42 Å². The molecule has 0 atom stereocenters. The zero-order chi connectivity index (χ0) is 18.2. The van der Waals surface area contributed by atoms with Gasteiger partial charge in [-0.2, -0.15) is 23.6 Å². The van der Waals surface area contributed by atoms with Crippen LogP contribution < -0.4 is 24.8 Å². The van der Waals surface area contributed by atoms with Crippen LogP contribution in [0.3, 0.4) is 0 Å². The minimum absolute atomic E-state index is 0. The van der Waals surface area contributed by atoms with Gasteiger partial charge in [0.2, 0.25) is 0 Å². The maximum atomic E-state index is 2.31. The van der Waals surface area contributed by atoms with Gasteiger partial charge in [0, 0.05) is 0 Å². The standard InChI is InChI=1S/C12H13.C9H7.C2H6Si.2ClH.Zr/c1-3-10-5-4-6-11-7-9(2)8-12(10)11;1-2-5-9-7-3-6-8(9)4-1;1-3-2;;;/h4-8H,3H2,1-2H3;1-7H;1-2H3;2*1H;/q2*-1;;;;+2/p-2. The largest absolute Gasteiger partial charge is 1.00 e. The molecule has 0 amide bonds. The first-order chi connectivity index (χ1) is 12.0. The molecule has 0 heterocycles. The van der Waals surface area contributed by atoms with Crippen LogP contribution in [0.4, 0.5) is 0 Å². The van der Waals surface area contributed by atoms with E-state index in [1.54, 1.807) is 23.3 Å². The number of aryl methyl sites for hydroxylation is 2. The molecular formula is C23H26Cl2SiZr-2. The van der Waals surface area contributed by atoms with Gasteiger partial charge in [0.25, 0.3) is 0 Å². The van der Waals surface area contributed by atoms with Crippen LogP contribution in [0.2, 0.25) is 13.1 Å². The quantitative estimate of drug-likeness (QED) is 0.272. The van der Waals surface area contributed by atoms with Crippen molar-refractivity contribution in [3.63, 3.8) is 0 Å². The van der Waals surface area contributed by atoms with E-state index < -0.39 is 0 Å². The summed E-state index contributed by atoms with van der Waals surface area (Å²) in [5.41, 5.74) is 3.04. The van der Waals surface area contributed by atoms with Crippen molar-refractivity contribution in [2.45, 2.75) is 33.4 Å². The maximum Gasteiger partial charge on any atom is -0.0809 e. The smallest absolute Gasteiger partial charge is 0.0809 e.